The Kier molecular flexibility index (Phi) is 4.18. The van der Waals surface area contributed by atoms with Gasteiger partial charge in [0.1, 0.15) is 12.1 Å². The second kappa shape index (κ2) is 6.52. The van der Waals surface area contributed by atoms with Crippen LogP contribution in [0, 0.1) is 13.8 Å². The van der Waals surface area contributed by atoms with Crippen LogP contribution < -0.4 is 4.90 Å². The van der Waals surface area contributed by atoms with Gasteiger partial charge in [0.15, 0.2) is 5.78 Å². The van der Waals surface area contributed by atoms with Crippen molar-refractivity contribution < 1.29 is 9.59 Å². The summed E-state index contributed by atoms with van der Waals surface area (Å²) in [6, 6.07) is 5.50. The lowest BCUT2D eigenvalue weighted by Gasteiger charge is -2.36. The third-order valence-electron chi connectivity index (χ3n) is 5.48. The highest BCUT2D eigenvalue weighted by atomic mass is 16.2. The maximum absolute atomic E-state index is 13.0. The van der Waals surface area contributed by atoms with Crippen LogP contribution >= 0.6 is 0 Å². The maximum atomic E-state index is 13.0. The van der Waals surface area contributed by atoms with Crippen LogP contribution in [0.5, 0.6) is 0 Å². The van der Waals surface area contributed by atoms with E-state index in [4.69, 9.17) is 0 Å². The summed E-state index contributed by atoms with van der Waals surface area (Å²) in [6.45, 7) is 6.82. The van der Waals surface area contributed by atoms with Crippen LogP contribution in [0.4, 0.5) is 5.82 Å². The van der Waals surface area contributed by atoms with Gasteiger partial charge in [-0.15, -0.1) is 0 Å². The summed E-state index contributed by atoms with van der Waals surface area (Å²) in [5, 5.41) is 0. The number of benzene rings is 1. The Morgan fingerprint density at radius 2 is 1.81 bits per heavy atom. The molecule has 2 aromatic rings. The zero-order chi connectivity index (χ0) is 18.3. The highest BCUT2D eigenvalue weighted by molar-refractivity contribution is 6.05. The molecule has 26 heavy (non-hydrogen) atoms. The number of piperazine rings is 1. The average Bonchev–Trinajstić information content (AvgIpc) is 3.05. The van der Waals surface area contributed by atoms with Gasteiger partial charge in [-0.3, -0.25) is 9.59 Å². The Bertz CT molecular complexity index is 885. The Balaban J connectivity index is 1.50. The van der Waals surface area contributed by atoms with Crippen molar-refractivity contribution in [1.82, 2.24) is 14.9 Å². The molecule has 1 aromatic carbocycles. The van der Waals surface area contributed by atoms with Crippen molar-refractivity contribution in [1.29, 1.82) is 0 Å². The van der Waals surface area contributed by atoms with Gasteiger partial charge in [-0.1, -0.05) is 12.1 Å². The molecule has 6 heteroatoms. The number of ketones is 1. The summed E-state index contributed by atoms with van der Waals surface area (Å²) in [6.07, 6.45) is 2.79. The van der Waals surface area contributed by atoms with E-state index in [0.29, 0.717) is 31.5 Å². The van der Waals surface area contributed by atoms with Crippen molar-refractivity contribution in [2.45, 2.75) is 26.7 Å². The predicted octanol–water partition coefficient (Wildman–Crippen LogP) is 2.18. The number of amides is 1. The minimum Gasteiger partial charge on any atom is -0.353 e. The first kappa shape index (κ1) is 16.7. The van der Waals surface area contributed by atoms with Crippen molar-refractivity contribution >= 4 is 17.5 Å². The number of Topliss-reactive ketones (excluding diaryl/α,β-unsaturated/α-hetero) is 1. The number of hydrogen-bond acceptors (Lipinski definition) is 5. The zero-order valence-electron chi connectivity index (χ0n) is 15.2. The van der Waals surface area contributed by atoms with E-state index in [1.54, 1.807) is 6.33 Å². The molecule has 2 aliphatic rings. The van der Waals surface area contributed by atoms with Gasteiger partial charge < -0.3 is 9.80 Å². The molecule has 0 atom stereocenters. The zero-order valence-corrected chi connectivity index (χ0v) is 15.2. The normalized spacial score (nSPS) is 16.8. The SMILES string of the molecule is Cc1ncnc(N2CCN(C(=O)c3cccc4c3CCC4=O)CC2)c1C. The molecule has 1 aromatic heterocycles. The average molecular weight is 350 g/mol. The predicted molar refractivity (Wildman–Crippen MR) is 98.7 cm³/mol. The van der Waals surface area contributed by atoms with E-state index in [9.17, 15) is 9.59 Å². The molecule has 4 rings (SSSR count). The van der Waals surface area contributed by atoms with E-state index < -0.39 is 0 Å². The summed E-state index contributed by atoms with van der Waals surface area (Å²) in [4.78, 5) is 37.7. The van der Waals surface area contributed by atoms with E-state index in [-0.39, 0.29) is 11.7 Å². The van der Waals surface area contributed by atoms with Crippen molar-refractivity contribution in [3.05, 3.63) is 52.5 Å². The van der Waals surface area contributed by atoms with Crippen LogP contribution in [0.15, 0.2) is 24.5 Å². The van der Waals surface area contributed by atoms with Crippen molar-refractivity contribution in [2.24, 2.45) is 0 Å². The number of hydrogen-bond donors (Lipinski definition) is 0. The van der Waals surface area contributed by atoms with Crippen LogP contribution in [0.3, 0.4) is 0 Å². The van der Waals surface area contributed by atoms with Gasteiger partial charge >= 0.3 is 0 Å². The molecule has 0 spiro atoms. The monoisotopic (exact) mass is 350 g/mol. The van der Waals surface area contributed by atoms with E-state index in [1.807, 2.05) is 36.9 Å². The van der Waals surface area contributed by atoms with Gasteiger partial charge in [-0.2, -0.15) is 0 Å². The minimum absolute atomic E-state index is 0.0341. The summed E-state index contributed by atoms with van der Waals surface area (Å²) in [5.41, 5.74) is 4.41. The smallest absolute Gasteiger partial charge is 0.254 e. The number of nitrogens with zero attached hydrogens (tertiary/aromatic N) is 4. The molecule has 0 saturated carbocycles. The number of aromatic nitrogens is 2. The highest BCUT2D eigenvalue weighted by Crippen LogP contribution is 2.27. The maximum Gasteiger partial charge on any atom is 0.254 e. The molecule has 2 heterocycles. The molecule has 6 nitrogen and oxygen atoms in total. The molecular formula is C20H22N4O2. The van der Waals surface area contributed by atoms with Crippen LogP contribution in [-0.4, -0.2) is 52.7 Å². The van der Waals surface area contributed by atoms with Gasteiger partial charge in [-0.05, 0) is 31.9 Å². The number of rotatable bonds is 2. The fraction of sp³-hybridized carbons (Fsp3) is 0.400. The first-order valence-electron chi connectivity index (χ1n) is 9.04. The third-order valence-corrected chi connectivity index (χ3v) is 5.48. The lowest BCUT2D eigenvalue weighted by atomic mass is 10.0. The molecule has 0 radical (unpaired) electrons. The second-order valence-corrected chi connectivity index (χ2v) is 6.94. The fourth-order valence-electron chi connectivity index (χ4n) is 3.83. The first-order chi connectivity index (χ1) is 12.6. The standard InChI is InChI=1S/C20H22N4O2/c1-13-14(2)21-12-22-19(13)23-8-10-24(11-9-23)20(26)17-5-3-4-16-15(17)6-7-18(16)25/h3-5,12H,6-11H2,1-2H3. The number of carbonyl (C=O) groups excluding carboxylic acids is 2. The van der Waals surface area contributed by atoms with Gasteiger partial charge in [0.05, 0.1) is 0 Å². The van der Waals surface area contributed by atoms with E-state index in [1.165, 1.54) is 0 Å². The van der Waals surface area contributed by atoms with E-state index in [2.05, 4.69) is 14.9 Å². The third kappa shape index (κ3) is 2.75. The second-order valence-electron chi connectivity index (χ2n) is 6.94. The molecule has 1 fully saturated rings. The Morgan fingerprint density at radius 1 is 1.04 bits per heavy atom. The van der Waals surface area contributed by atoms with Crippen LogP contribution in [-0.2, 0) is 6.42 Å². The summed E-state index contributed by atoms with van der Waals surface area (Å²) in [5.74, 6) is 1.14. The van der Waals surface area contributed by atoms with Crippen molar-refractivity contribution in [2.75, 3.05) is 31.1 Å². The molecule has 1 aliphatic heterocycles. The molecule has 0 bridgehead atoms. The lowest BCUT2D eigenvalue weighted by molar-refractivity contribution is 0.0745. The summed E-state index contributed by atoms with van der Waals surface area (Å²) in [7, 11) is 0. The lowest BCUT2D eigenvalue weighted by Crippen LogP contribution is -2.49. The van der Waals surface area contributed by atoms with Crippen LogP contribution in [0.2, 0.25) is 0 Å². The van der Waals surface area contributed by atoms with E-state index >= 15 is 0 Å². The molecule has 0 N–H and O–H groups in total. The number of anilines is 1. The fourth-order valence-corrected chi connectivity index (χ4v) is 3.83. The first-order valence-corrected chi connectivity index (χ1v) is 9.04. The van der Waals surface area contributed by atoms with Gasteiger partial charge in [0.2, 0.25) is 0 Å². The van der Waals surface area contributed by atoms with Crippen molar-refractivity contribution in [3.63, 3.8) is 0 Å². The Hall–Kier alpha value is -2.76. The van der Waals surface area contributed by atoms with Crippen LogP contribution in [0.1, 0.15) is 44.0 Å². The highest BCUT2D eigenvalue weighted by Gasteiger charge is 2.29. The van der Waals surface area contributed by atoms with Gasteiger partial charge in [0.25, 0.3) is 5.91 Å². The molecule has 1 amide bonds. The summed E-state index contributed by atoms with van der Waals surface area (Å²) >= 11 is 0. The molecule has 134 valence electrons. The summed E-state index contributed by atoms with van der Waals surface area (Å²) < 4.78 is 0. The quantitative estimate of drug-likeness (QED) is 0.831. The molecular weight excluding hydrogens is 328 g/mol. The molecule has 1 saturated heterocycles. The molecule has 0 unspecified atom stereocenters. The Labute approximate surface area is 152 Å². The van der Waals surface area contributed by atoms with E-state index in [0.717, 1.165) is 41.3 Å². The number of fused-ring (bicyclic) bond motifs is 1. The number of aryl methyl sites for hydroxylation is 1. The van der Waals surface area contributed by atoms with Gasteiger partial charge in [0, 0.05) is 55.0 Å². The Morgan fingerprint density at radius 3 is 2.58 bits per heavy atom. The largest absolute Gasteiger partial charge is 0.353 e. The topological polar surface area (TPSA) is 66.4 Å². The minimum atomic E-state index is 0.0341. The number of carbonyl (C=O) groups is 2. The van der Waals surface area contributed by atoms with Crippen LogP contribution in [0.25, 0.3) is 0 Å². The molecule has 1 aliphatic carbocycles. The van der Waals surface area contributed by atoms with Crippen molar-refractivity contribution in [3.8, 4) is 0 Å². The van der Waals surface area contributed by atoms with Gasteiger partial charge in [-0.25, -0.2) is 9.97 Å².